The number of likely N-dealkylation sites (tertiary alicyclic amines) is 1. The van der Waals surface area contributed by atoms with Crippen LogP contribution in [0.4, 0.5) is 4.79 Å². The topological polar surface area (TPSA) is 154 Å². The second-order valence-electron chi connectivity index (χ2n) is 12.2. The summed E-state index contributed by atoms with van der Waals surface area (Å²) in [5, 5.41) is 10.7. The van der Waals surface area contributed by atoms with Gasteiger partial charge < -0.3 is 26.2 Å². The first-order chi connectivity index (χ1) is 18.7. The molecule has 1 saturated carbocycles. The van der Waals surface area contributed by atoms with Gasteiger partial charge in [-0.15, -0.1) is 6.58 Å². The van der Waals surface area contributed by atoms with Gasteiger partial charge in [0.1, 0.15) is 12.1 Å². The van der Waals surface area contributed by atoms with Crippen LogP contribution in [-0.2, 0) is 24.0 Å². The number of carbonyl (C=O) groups excluding carboxylic acids is 6. The lowest BCUT2D eigenvalue weighted by Gasteiger charge is -2.36. The molecule has 0 spiro atoms. The fourth-order valence-electron chi connectivity index (χ4n) is 4.86. The van der Waals surface area contributed by atoms with Crippen LogP contribution >= 0.6 is 0 Å². The van der Waals surface area contributed by atoms with E-state index in [2.05, 4.69) is 27.8 Å². The van der Waals surface area contributed by atoms with Crippen LogP contribution in [-0.4, -0.2) is 77.5 Å². The molecule has 2 rings (SSSR count). The predicted molar refractivity (Wildman–Crippen MR) is 151 cm³/mol. The first-order valence-electron chi connectivity index (χ1n) is 14.4. The first kappa shape index (κ1) is 33.0. The molecule has 2 aliphatic rings. The summed E-state index contributed by atoms with van der Waals surface area (Å²) in [5.74, 6) is -2.60. The molecule has 0 aromatic heterocycles. The first-order valence-corrected chi connectivity index (χ1v) is 14.4. The highest BCUT2D eigenvalue weighted by Crippen LogP contribution is 2.32. The summed E-state index contributed by atoms with van der Waals surface area (Å²) < 4.78 is 0. The molecule has 4 atom stereocenters. The number of nitrogens with zero attached hydrogens (tertiary/aromatic N) is 1. The molecular formula is C29H47N5O6. The summed E-state index contributed by atoms with van der Waals surface area (Å²) in [6.07, 6.45) is 4.91. The molecule has 5 amide bonds. The number of hydrogen-bond donors (Lipinski definition) is 4. The van der Waals surface area contributed by atoms with Crippen LogP contribution in [0.5, 0.6) is 0 Å². The van der Waals surface area contributed by atoms with Gasteiger partial charge in [0.05, 0.1) is 12.1 Å². The lowest BCUT2D eigenvalue weighted by molar-refractivity contribution is -0.143. The number of carbonyl (C=O) groups is 6. The third kappa shape index (κ3) is 8.89. The lowest BCUT2D eigenvalue weighted by atomic mass is 9.85. The molecule has 4 N–H and O–H groups in total. The Morgan fingerprint density at radius 2 is 1.65 bits per heavy atom. The van der Waals surface area contributed by atoms with Crippen LogP contribution in [0.25, 0.3) is 0 Å². The summed E-state index contributed by atoms with van der Waals surface area (Å²) in [6.45, 7) is 15.0. The second-order valence-corrected chi connectivity index (χ2v) is 12.2. The molecule has 1 saturated heterocycles. The lowest BCUT2D eigenvalue weighted by Crippen LogP contribution is -2.61. The largest absolute Gasteiger partial charge is 0.346 e. The second kappa shape index (κ2) is 14.4. The average molecular weight is 562 g/mol. The van der Waals surface area contributed by atoms with Crippen molar-refractivity contribution in [2.24, 2.45) is 17.3 Å². The van der Waals surface area contributed by atoms with Gasteiger partial charge in [0.25, 0.3) is 5.91 Å². The molecule has 0 aromatic rings. The molecule has 1 unspecified atom stereocenters. The minimum atomic E-state index is -1.01. The van der Waals surface area contributed by atoms with Gasteiger partial charge in [0.15, 0.2) is 5.78 Å². The Morgan fingerprint density at radius 1 is 1.00 bits per heavy atom. The maximum absolute atomic E-state index is 13.8. The summed E-state index contributed by atoms with van der Waals surface area (Å²) in [6, 6.07) is -4.09. The molecule has 0 bridgehead atoms. The van der Waals surface area contributed by atoms with E-state index in [1.54, 1.807) is 0 Å². The Morgan fingerprint density at radius 3 is 2.17 bits per heavy atom. The van der Waals surface area contributed by atoms with E-state index in [0.717, 1.165) is 12.8 Å². The number of nitrogens with one attached hydrogen (secondary N) is 4. The van der Waals surface area contributed by atoms with Crippen molar-refractivity contribution in [1.29, 1.82) is 0 Å². The summed E-state index contributed by atoms with van der Waals surface area (Å²) in [5.41, 5.74) is -0.699. The van der Waals surface area contributed by atoms with Crippen molar-refractivity contribution in [3.63, 3.8) is 0 Å². The van der Waals surface area contributed by atoms with Gasteiger partial charge in [0, 0.05) is 19.0 Å². The van der Waals surface area contributed by atoms with Crippen molar-refractivity contribution >= 4 is 35.3 Å². The molecule has 2 fully saturated rings. The number of rotatable bonds is 14. The minimum absolute atomic E-state index is 0.00872. The molecular weight excluding hydrogens is 514 g/mol. The quantitative estimate of drug-likeness (QED) is 0.188. The molecule has 11 heteroatoms. The molecule has 1 aliphatic carbocycles. The van der Waals surface area contributed by atoms with Gasteiger partial charge in [-0.2, -0.15) is 0 Å². The molecule has 0 radical (unpaired) electrons. The average Bonchev–Trinajstić information content (AvgIpc) is 3.62. The summed E-state index contributed by atoms with van der Waals surface area (Å²) in [4.78, 5) is 79.1. The highest BCUT2D eigenvalue weighted by Gasteiger charge is 2.43. The molecule has 224 valence electrons. The maximum Gasteiger partial charge on any atom is 0.316 e. The van der Waals surface area contributed by atoms with Crippen molar-refractivity contribution in [2.45, 2.75) is 104 Å². The van der Waals surface area contributed by atoms with Crippen LogP contribution in [0, 0.1) is 17.3 Å². The summed E-state index contributed by atoms with van der Waals surface area (Å²) >= 11 is 0. The Balaban J connectivity index is 2.15. The Labute approximate surface area is 237 Å². The van der Waals surface area contributed by atoms with E-state index in [0.29, 0.717) is 25.8 Å². The van der Waals surface area contributed by atoms with E-state index < -0.39 is 59.1 Å². The number of ketones is 2. The van der Waals surface area contributed by atoms with Gasteiger partial charge in [-0.1, -0.05) is 54.0 Å². The van der Waals surface area contributed by atoms with E-state index >= 15 is 0 Å². The third-order valence-electron chi connectivity index (χ3n) is 7.31. The zero-order chi connectivity index (χ0) is 30.2. The molecule has 0 aromatic carbocycles. The number of amides is 5. The normalized spacial score (nSPS) is 19.3. The van der Waals surface area contributed by atoms with E-state index in [1.807, 2.05) is 41.5 Å². The predicted octanol–water partition coefficient (Wildman–Crippen LogP) is 1.85. The monoisotopic (exact) mass is 561 g/mol. The van der Waals surface area contributed by atoms with E-state index in [9.17, 15) is 28.8 Å². The fourth-order valence-corrected chi connectivity index (χ4v) is 4.86. The van der Waals surface area contributed by atoms with Gasteiger partial charge in [0.2, 0.25) is 17.6 Å². The van der Waals surface area contributed by atoms with Crippen LogP contribution in [0.2, 0.25) is 0 Å². The van der Waals surface area contributed by atoms with Crippen molar-refractivity contribution in [1.82, 2.24) is 26.2 Å². The van der Waals surface area contributed by atoms with Crippen LogP contribution in [0.1, 0.15) is 80.1 Å². The molecule has 1 heterocycles. The Bertz CT molecular complexity index is 984. The fraction of sp³-hybridized carbons (Fsp3) is 0.724. The standard InChI is InChI=1S/C29H47N5O6/c1-8-11-19(23(36)26(38)30-15-9-2)31-25(37)20-12-10-16-34(20)27(39)24(29(5,6)7)33-28(40)32-21(17(3)4)22(35)18-13-14-18/h9,17-21,24H,2,8,10-16H2,1,3-7H3,(H,30,38)(H,31,37)(H2,32,33,40)/t19?,20-,21-,24+/m0/s1. The minimum Gasteiger partial charge on any atom is -0.346 e. The van der Waals surface area contributed by atoms with Crippen LogP contribution < -0.4 is 21.3 Å². The number of urea groups is 1. The van der Waals surface area contributed by atoms with Gasteiger partial charge in [-0.05, 0) is 43.4 Å². The Hall–Kier alpha value is -3.24. The summed E-state index contributed by atoms with van der Waals surface area (Å²) in [7, 11) is 0. The highest BCUT2D eigenvalue weighted by atomic mass is 16.2. The van der Waals surface area contributed by atoms with Crippen molar-refractivity contribution < 1.29 is 28.8 Å². The van der Waals surface area contributed by atoms with Gasteiger partial charge >= 0.3 is 6.03 Å². The molecule has 1 aliphatic heterocycles. The maximum atomic E-state index is 13.8. The zero-order valence-corrected chi connectivity index (χ0v) is 24.8. The highest BCUT2D eigenvalue weighted by molar-refractivity contribution is 6.38. The van der Waals surface area contributed by atoms with Gasteiger partial charge in [-0.3, -0.25) is 24.0 Å². The van der Waals surface area contributed by atoms with Crippen molar-refractivity contribution in [3.8, 4) is 0 Å². The van der Waals surface area contributed by atoms with E-state index in [1.165, 1.54) is 11.0 Å². The van der Waals surface area contributed by atoms with Crippen LogP contribution in [0.3, 0.4) is 0 Å². The molecule has 40 heavy (non-hydrogen) atoms. The third-order valence-corrected chi connectivity index (χ3v) is 7.31. The van der Waals surface area contributed by atoms with E-state index in [4.69, 9.17) is 0 Å². The van der Waals surface area contributed by atoms with Gasteiger partial charge in [-0.25, -0.2) is 4.79 Å². The van der Waals surface area contributed by atoms with E-state index in [-0.39, 0.29) is 30.6 Å². The Kier molecular flexibility index (Phi) is 11.9. The number of Topliss-reactive ketones (excluding diaryl/α,β-unsaturated/α-hetero) is 2. The number of hydrogen-bond acceptors (Lipinski definition) is 6. The van der Waals surface area contributed by atoms with Crippen molar-refractivity contribution in [2.75, 3.05) is 13.1 Å². The smallest absolute Gasteiger partial charge is 0.316 e. The van der Waals surface area contributed by atoms with Crippen molar-refractivity contribution in [3.05, 3.63) is 12.7 Å². The molecule has 11 nitrogen and oxygen atoms in total. The SMILES string of the molecule is C=CCNC(=O)C(=O)C(CCC)NC(=O)[C@@H]1CCCN1C(=O)[C@@H](NC(=O)N[C@H](C(=O)C1CC1)C(C)C)C(C)(C)C. The van der Waals surface area contributed by atoms with Crippen LogP contribution in [0.15, 0.2) is 12.7 Å². The zero-order valence-electron chi connectivity index (χ0n) is 24.8.